The first-order valence-electron chi connectivity index (χ1n) is 13.8. The number of ether oxygens (including phenoxy) is 1. The molecule has 6 aromatic rings. The van der Waals surface area contributed by atoms with Gasteiger partial charge in [-0.3, -0.25) is 14.2 Å². The maximum Gasteiger partial charge on any atom is 0.261 e. The highest BCUT2D eigenvalue weighted by Crippen LogP contribution is 2.24. The van der Waals surface area contributed by atoms with Crippen LogP contribution >= 0.6 is 11.6 Å². The van der Waals surface area contributed by atoms with Crippen LogP contribution < -0.4 is 15.6 Å². The van der Waals surface area contributed by atoms with Gasteiger partial charge in [-0.1, -0.05) is 78.3 Å². The summed E-state index contributed by atoms with van der Waals surface area (Å²) in [5.41, 5.74) is 5.57. The van der Waals surface area contributed by atoms with Gasteiger partial charge in [-0.2, -0.15) is 0 Å². The molecule has 1 N–H and O–H groups in total. The number of carbonyl (C=O) groups excluding carboxylic acids is 1. The minimum absolute atomic E-state index is 0.169. The number of amides is 1. The number of nitrogens with one attached hydrogen (secondary N) is 1. The Hall–Kier alpha value is -5.20. The number of hydrogen-bond acceptors (Lipinski definition) is 4. The highest BCUT2D eigenvalue weighted by molar-refractivity contribution is 6.30. The second kappa shape index (κ2) is 12.3. The Balaban J connectivity index is 1.34. The molecule has 0 radical (unpaired) electrons. The van der Waals surface area contributed by atoms with Crippen molar-refractivity contribution >= 4 is 34.1 Å². The highest BCUT2D eigenvalue weighted by atomic mass is 35.5. The van der Waals surface area contributed by atoms with Crippen LogP contribution in [0.2, 0.25) is 5.02 Å². The monoisotopic (exact) mass is 585 g/mol. The number of carbonyl (C=O) groups is 1. The van der Waals surface area contributed by atoms with E-state index in [9.17, 15) is 9.59 Å². The Morgan fingerprint density at radius 3 is 2.16 bits per heavy atom. The molecule has 1 heterocycles. The molecule has 0 fully saturated rings. The minimum atomic E-state index is -0.290. The zero-order valence-corrected chi connectivity index (χ0v) is 24.2. The van der Waals surface area contributed by atoms with E-state index in [1.165, 1.54) is 0 Å². The molecule has 0 atom stereocenters. The molecule has 0 aliphatic rings. The normalized spacial score (nSPS) is 10.9. The summed E-state index contributed by atoms with van der Waals surface area (Å²) in [6.45, 7) is 0.355. The van der Waals surface area contributed by atoms with Crippen LogP contribution in [0.4, 0.5) is 5.69 Å². The molecule has 0 saturated carbocycles. The summed E-state index contributed by atoms with van der Waals surface area (Å²) >= 11 is 5.96. The molecule has 0 aliphatic carbocycles. The fraction of sp³-hybridized carbons (Fsp3) is 0.0833. The number of anilines is 1. The molecule has 0 spiro atoms. The van der Waals surface area contributed by atoms with Crippen LogP contribution in [0.1, 0.15) is 27.3 Å². The molecule has 0 unspecified atom stereocenters. The van der Waals surface area contributed by atoms with Gasteiger partial charge in [-0.25, -0.2) is 4.98 Å². The van der Waals surface area contributed by atoms with E-state index in [1.54, 1.807) is 54.1 Å². The van der Waals surface area contributed by atoms with Crippen molar-refractivity contribution in [1.29, 1.82) is 0 Å². The number of benzene rings is 5. The number of halogens is 1. The van der Waals surface area contributed by atoms with E-state index < -0.39 is 0 Å². The van der Waals surface area contributed by atoms with Crippen LogP contribution in [-0.2, 0) is 13.0 Å². The molecule has 6 nitrogen and oxygen atoms in total. The summed E-state index contributed by atoms with van der Waals surface area (Å²) in [6, 6.07) is 37.9. The minimum Gasteiger partial charge on any atom is -0.497 e. The molecule has 7 heteroatoms. The lowest BCUT2D eigenvalue weighted by Crippen LogP contribution is -2.26. The van der Waals surface area contributed by atoms with Gasteiger partial charge in [0.05, 0.1) is 24.6 Å². The van der Waals surface area contributed by atoms with E-state index in [2.05, 4.69) is 17.4 Å². The number of methoxy groups -OCH3 is 1. The third-order valence-corrected chi connectivity index (χ3v) is 7.57. The molecule has 0 saturated heterocycles. The van der Waals surface area contributed by atoms with Gasteiger partial charge >= 0.3 is 0 Å². The summed E-state index contributed by atoms with van der Waals surface area (Å²) in [5, 5.41) is 3.87. The van der Waals surface area contributed by atoms with E-state index in [1.807, 2.05) is 66.7 Å². The van der Waals surface area contributed by atoms with Gasteiger partial charge in [0, 0.05) is 22.7 Å². The number of rotatable bonds is 8. The van der Waals surface area contributed by atoms with Crippen molar-refractivity contribution in [2.24, 2.45) is 0 Å². The van der Waals surface area contributed by atoms with E-state index in [4.69, 9.17) is 21.3 Å². The number of nitrogens with zero attached hydrogens (tertiary/aromatic N) is 2. The first-order chi connectivity index (χ1) is 21.0. The molecular weight excluding hydrogens is 558 g/mol. The maximum atomic E-state index is 14.0. The zero-order chi connectivity index (χ0) is 29.8. The maximum absolute atomic E-state index is 14.0. The Morgan fingerprint density at radius 2 is 1.49 bits per heavy atom. The molecule has 0 aliphatic heterocycles. The second-order valence-corrected chi connectivity index (χ2v) is 10.6. The lowest BCUT2D eigenvalue weighted by molar-refractivity contribution is 0.102. The average Bonchev–Trinajstić information content (AvgIpc) is 3.04. The van der Waals surface area contributed by atoms with E-state index in [0.717, 1.165) is 28.0 Å². The van der Waals surface area contributed by atoms with Crippen molar-refractivity contribution in [3.63, 3.8) is 0 Å². The molecule has 43 heavy (non-hydrogen) atoms. The number of fused-ring (bicyclic) bond motifs is 1. The van der Waals surface area contributed by atoms with Crippen LogP contribution in [-0.4, -0.2) is 22.6 Å². The van der Waals surface area contributed by atoms with Crippen molar-refractivity contribution < 1.29 is 9.53 Å². The Kier molecular flexibility index (Phi) is 8.03. The van der Waals surface area contributed by atoms with E-state index in [0.29, 0.717) is 46.0 Å². The second-order valence-electron chi connectivity index (χ2n) is 10.2. The predicted molar refractivity (Wildman–Crippen MR) is 172 cm³/mol. The Morgan fingerprint density at radius 1 is 0.814 bits per heavy atom. The third kappa shape index (κ3) is 6.35. The van der Waals surface area contributed by atoms with Gasteiger partial charge in [0.25, 0.3) is 11.5 Å². The molecule has 1 aromatic heterocycles. The molecule has 5 aromatic carbocycles. The fourth-order valence-corrected chi connectivity index (χ4v) is 5.12. The van der Waals surface area contributed by atoms with Crippen LogP contribution in [0.5, 0.6) is 5.75 Å². The SMILES string of the molecule is COc1ccc(-c2ccc(Cn3c(Cc4ccccc4)nc4ccc(NC(=O)c5ccc(Cl)cc5)cc4c3=O)cc2)cc1. The first-order valence-corrected chi connectivity index (χ1v) is 14.2. The van der Waals surface area contributed by atoms with Crippen LogP contribution in [0.25, 0.3) is 22.0 Å². The Bertz CT molecular complexity index is 1950. The summed E-state index contributed by atoms with van der Waals surface area (Å²) in [5.74, 6) is 1.19. The van der Waals surface area contributed by atoms with Crippen molar-refractivity contribution in [2.75, 3.05) is 12.4 Å². The quantitative estimate of drug-likeness (QED) is 0.199. The fourth-order valence-electron chi connectivity index (χ4n) is 4.99. The van der Waals surface area contributed by atoms with Crippen molar-refractivity contribution in [2.45, 2.75) is 13.0 Å². The van der Waals surface area contributed by atoms with Crippen molar-refractivity contribution in [3.8, 4) is 16.9 Å². The van der Waals surface area contributed by atoms with Gasteiger partial charge in [0.15, 0.2) is 0 Å². The summed E-state index contributed by atoms with van der Waals surface area (Å²) < 4.78 is 7.00. The van der Waals surface area contributed by atoms with Gasteiger partial charge < -0.3 is 10.1 Å². The largest absolute Gasteiger partial charge is 0.497 e. The third-order valence-electron chi connectivity index (χ3n) is 7.32. The topological polar surface area (TPSA) is 73.2 Å². The molecule has 212 valence electrons. The number of hydrogen-bond donors (Lipinski definition) is 1. The van der Waals surface area contributed by atoms with Crippen molar-refractivity contribution in [3.05, 3.63) is 159 Å². The molecule has 6 rings (SSSR count). The first kappa shape index (κ1) is 27.9. The number of aromatic nitrogens is 2. The molecule has 1 amide bonds. The lowest BCUT2D eigenvalue weighted by Gasteiger charge is -2.15. The summed E-state index contributed by atoms with van der Waals surface area (Å²) in [6.07, 6.45) is 0.505. The van der Waals surface area contributed by atoms with E-state index >= 15 is 0 Å². The van der Waals surface area contributed by atoms with E-state index in [-0.39, 0.29) is 11.5 Å². The summed E-state index contributed by atoms with van der Waals surface area (Å²) in [7, 11) is 1.65. The lowest BCUT2D eigenvalue weighted by atomic mass is 10.0. The van der Waals surface area contributed by atoms with Crippen LogP contribution in [0, 0.1) is 0 Å². The van der Waals surface area contributed by atoms with Gasteiger partial charge in [-0.15, -0.1) is 0 Å². The van der Waals surface area contributed by atoms with Gasteiger partial charge in [0.2, 0.25) is 0 Å². The zero-order valence-electron chi connectivity index (χ0n) is 23.5. The van der Waals surface area contributed by atoms with Gasteiger partial charge in [-0.05, 0) is 76.9 Å². The smallest absolute Gasteiger partial charge is 0.261 e. The van der Waals surface area contributed by atoms with Crippen LogP contribution in [0.15, 0.2) is 126 Å². The summed E-state index contributed by atoms with van der Waals surface area (Å²) in [4.78, 5) is 31.8. The standard InChI is InChI=1S/C36H28ClN3O3/c1-43-31-18-13-27(14-19-31)26-9-7-25(8-10-26)23-40-34(21-24-5-3-2-4-6-24)39-33-20-17-30(22-32(33)36(40)42)38-35(41)28-11-15-29(37)16-12-28/h2-20,22H,21,23H2,1H3,(H,38,41). The molecule has 0 bridgehead atoms. The van der Waals surface area contributed by atoms with Gasteiger partial charge in [0.1, 0.15) is 11.6 Å². The van der Waals surface area contributed by atoms with Crippen molar-refractivity contribution in [1.82, 2.24) is 9.55 Å². The molecular formula is C36H28ClN3O3. The average molecular weight is 586 g/mol. The highest BCUT2D eigenvalue weighted by Gasteiger charge is 2.15. The predicted octanol–water partition coefficient (Wildman–Crippen LogP) is 7.62. The Labute approximate surface area is 254 Å². The van der Waals surface area contributed by atoms with Crippen LogP contribution in [0.3, 0.4) is 0 Å².